The third kappa shape index (κ3) is 8.05. The van der Waals surface area contributed by atoms with Crippen molar-refractivity contribution in [1.29, 1.82) is 0 Å². The summed E-state index contributed by atoms with van der Waals surface area (Å²) in [4.78, 5) is 23.8. The summed E-state index contributed by atoms with van der Waals surface area (Å²) in [6, 6.07) is 7.28. The van der Waals surface area contributed by atoms with Crippen molar-refractivity contribution >= 4 is 35.3 Å². The van der Waals surface area contributed by atoms with Crippen molar-refractivity contribution in [2.45, 2.75) is 19.0 Å². The molecule has 0 saturated heterocycles. The predicted molar refractivity (Wildman–Crippen MR) is 117 cm³/mol. The van der Waals surface area contributed by atoms with E-state index in [9.17, 15) is 22.8 Å². The van der Waals surface area contributed by atoms with Crippen LogP contribution in [0.1, 0.15) is 24.0 Å². The van der Waals surface area contributed by atoms with E-state index in [1.807, 2.05) is 0 Å². The summed E-state index contributed by atoms with van der Waals surface area (Å²) in [5.74, 6) is 1.71. The first-order chi connectivity index (χ1) is 15.6. The molecule has 0 radical (unpaired) electrons. The lowest BCUT2D eigenvalue weighted by molar-refractivity contribution is -0.137. The van der Waals surface area contributed by atoms with Crippen LogP contribution >= 0.6 is 11.6 Å². The first-order valence-corrected chi connectivity index (χ1v) is 9.74. The summed E-state index contributed by atoms with van der Waals surface area (Å²) in [6.45, 7) is 0.000907. The van der Waals surface area contributed by atoms with Gasteiger partial charge in [0.25, 0.3) is 0 Å². The molecular weight excluding hydrogens is 463 g/mol. The maximum Gasteiger partial charge on any atom is 0.416 e. The maximum absolute atomic E-state index is 12.7. The second-order valence-corrected chi connectivity index (χ2v) is 6.85. The van der Waals surface area contributed by atoms with E-state index < -0.39 is 23.6 Å². The van der Waals surface area contributed by atoms with Crippen molar-refractivity contribution in [1.82, 2.24) is 5.43 Å². The number of hydrogen-bond acceptors (Lipinski definition) is 5. The number of carbonyl (C=O) groups excluding carboxylic acids is 2. The number of hydrogen-bond donors (Lipinski definition) is 2. The number of benzene rings is 2. The average molecular weight is 482 g/mol. The fourth-order valence-corrected chi connectivity index (χ4v) is 2.80. The Balaban J connectivity index is 1.87. The number of halogens is 4. The molecule has 2 rings (SSSR count). The molecule has 0 saturated carbocycles. The fourth-order valence-electron chi connectivity index (χ4n) is 2.53. The number of amides is 2. The van der Waals surface area contributed by atoms with Crippen LogP contribution in [-0.4, -0.2) is 31.7 Å². The largest absolute Gasteiger partial charge is 0.493 e. The number of anilines is 1. The molecule has 7 nitrogen and oxygen atoms in total. The van der Waals surface area contributed by atoms with E-state index in [1.54, 1.807) is 6.07 Å². The SMILES string of the molecule is C#CCOc1c(Cl)cc(C=NNC(=O)CCC(=O)Nc2cccc(C(F)(F)F)c2)cc1OC. The number of methoxy groups -OCH3 is 1. The van der Waals surface area contributed by atoms with Crippen molar-refractivity contribution in [3.63, 3.8) is 0 Å². The standard InChI is InChI=1S/C22H19ClF3N3O4/c1-3-9-33-21-17(23)10-14(11-18(21)32-2)13-27-29-20(31)8-7-19(30)28-16-6-4-5-15(12-16)22(24,25)26/h1,4-6,10-13H,7-9H2,2H3,(H,28,30)(H,29,31). The minimum atomic E-state index is -4.53. The zero-order chi connectivity index (χ0) is 24.4. The first-order valence-electron chi connectivity index (χ1n) is 9.37. The lowest BCUT2D eigenvalue weighted by Crippen LogP contribution is -2.20. The van der Waals surface area contributed by atoms with Crippen molar-refractivity contribution in [3.8, 4) is 23.8 Å². The first kappa shape index (κ1) is 25.5. The van der Waals surface area contributed by atoms with Gasteiger partial charge in [0.1, 0.15) is 6.61 Å². The van der Waals surface area contributed by atoms with Crippen molar-refractivity contribution < 1.29 is 32.2 Å². The zero-order valence-electron chi connectivity index (χ0n) is 17.3. The highest BCUT2D eigenvalue weighted by molar-refractivity contribution is 6.32. The van der Waals surface area contributed by atoms with Gasteiger partial charge in [0.2, 0.25) is 11.8 Å². The number of alkyl halides is 3. The highest BCUT2D eigenvalue weighted by Crippen LogP contribution is 2.36. The van der Waals surface area contributed by atoms with Gasteiger partial charge in [0.15, 0.2) is 11.5 Å². The normalized spacial score (nSPS) is 11.0. The highest BCUT2D eigenvalue weighted by atomic mass is 35.5. The van der Waals surface area contributed by atoms with E-state index in [0.717, 1.165) is 12.1 Å². The van der Waals surface area contributed by atoms with E-state index in [-0.39, 0.29) is 35.9 Å². The number of carbonyl (C=O) groups is 2. The van der Waals surface area contributed by atoms with Crippen LogP contribution in [0.25, 0.3) is 0 Å². The van der Waals surface area contributed by atoms with Crippen molar-refractivity contribution in [3.05, 3.63) is 52.5 Å². The molecule has 33 heavy (non-hydrogen) atoms. The van der Waals surface area contributed by atoms with Gasteiger partial charge in [0, 0.05) is 18.5 Å². The lowest BCUT2D eigenvalue weighted by atomic mass is 10.2. The lowest BCUT2D eigenvalue weighted by Gasteiger charge is -2.11. The monoisotopic (exact) mass is 481 g/mol. The number of hydrazone groups is 1. The molecule has 0 atom stereocenters. The van der Waals surface area contributed by atoms with Crippen LogP contribution in [0.15, 0.2) is 41.5 Å². The predicted octanol–water partition coefficient (Wildman–Crippen LogP) is 4.25. The van der Waals surface area contributed by atoms with E-state index in [1.165, 1.54) is 31.5 Å². The molecule has 0 spiro atoms. The van der Waals surface area contributed by atoms with Gasteiger partial charge in [-0.25, -0.2) is 5.43 Å². The van der Waals surface area contributed by atoms with Crippen LogP contribution in [0.2, 0.25) is 5.02 Å². The highest BCUT2D eigenvalue weighted by Gasteiger charge is 2.30. The molecule has 0 fully saturated rings. The second kappa shape index (κ2) is 11.8. The Kier molecular flexibility index (Phi) is 9.12. The van der Waals surface area contributed by atoms with Crippen molar-refractivity contribution in [2.24, 2.45) is 5.10 Å². The summed E-state index contributed by atoms with van der Waals surface area (Å²) in [7, 11) is 1.42. The Hall–Kier alpha value is -3.71. The minimum absolute atomic E-state index is 0.000907. The minimum Gasteiger partial charge on any atom is -0.493 e. The van der Waals surface area contributed by atoms with Gasteiger partial charge < -0.3 is 14.8 Å². The number of nitrogens with one attached hydrogen (secondary N) is 2. The van der Waals surface area contributed by atoms with Gasteiger partial charge in [-0.3, -0.25) is 9.59 Å². The molecule has 0 heterocycles. The van der Waals surface area contributed by atoms with Crippen LogP contribution in [0, 0.1) is 12.3 Å². The van der Waals surface area contributed by atoms with Crippen molar-refractivity contribution in [2.75, 3.05) is 19.0 Å². The van der Waals surface area contributed by atoms with Gasteiger partial charge in [-0.05, 0) is 35.9 Å². The zero-order valence-corrected chi connectivity index (χ0v) is 18.1. The summed E-state index contributed by atoms with van der Waals surface area (Å²) < 4.78 is 48.7. The molecule has 2 aromatic carbocycles. The summed E-state index contributed by atoms with van der Waals surface area (Å²) in [5.41, 5.74) is 1.83. The van der Waals surface area contributed by atoms with Crippen LogP contribution < -0.4 is 20.2 Å². The van der Waals surface area contributed by atoms with Gasteiger partial charge in [-0.15, -0.1) is 6.42 Å². The maximum atomic E-state index is 12.7. The number of rotatable bonds is 9. The molecule has 2 aromatic rings. The molecule has 0 bridgehead atoms. The molecule has 174 valence electrons. The van der Waals surface area contributed by atoms with Gasteiger partial charge in [-0.1, -0.05) is 23.6 Å². The molecule has 0 unspecified atom stereocenters. The molecule has 2 amide bonds. The smallest absolute Gasteiger partial charge is 0.416 e. The Labute approximate surface area is 192 Å². The fraction of sp³-hybridized carbons (Fsp3) is 0.227. The van der Waals surface area contributed by atoms with Gasteiger partial charge >= 0.3 is 6.18 Å². The molecule has 0 aromatic heterocycles. The number of terminal acetylenes is 1. The number of ether oxygens (including phenoxy) is 2. The summed E-state index contributed by atoms with van der Waals surface area (Å²) in [6.07, 6.45) is 1.46. The second-order valence-electron chi connectivity index (χ2n) is 6.45. The van der Waals surface area contributed by atoms with Gasteiger partial charge in [0.05, 0.1) is 23.9 Å². The summed E-state index contributed by atoms with van der Waals surface area (Å²) in [5, 5.41) is 6.33. The van der Waals surface area contributed by atoms with Crippen LogP contribution in [0.5, 0.6) is 11.5 Å². The molecule has 0 aliphatic rings. The Morgan fingerprint density at radius 3 is 2.61 bits per heavy atom. The molecular formula is C22H19ClF3N3O4. The van der Waals surface area contributed by atoms with E-state index in [0.29, 0.717) is 11.3 Å². The Bertz CT molecular complexity index is 1080. The van der Waals surface area contributed by atoms with E-state index in [2.05, 4.69) is 21.8 Å². The molecule has 2 N–H and O–H groups in total. The quantitative estimate of drug-likeness (QED) is 0.318. The van der Waals surface area contributed by atoms with Crippen LogP contribution in [0.4, 0.5) is 18.9 Å². The van der Waals surface area contributed by atoms with E-state index >= 15 is 0 Å². The third-order valence-electron chi connectivity index (χ3n) is 4.01. The van der Waals surface area contributed by atoms with Crippen LogP contribution in [0.3, 0.4) is 0 Å². The number of nitrogens with zero attached hydrogens (tertiary/aromatic N) is 1. The third-order valence-corrected chi connectivity index (χ3v) is 4.29. The summed E-state index contributed by atoms with van der Waals surface area (Å²) >= 11 is 6.15. The molecule has 0 aliphatic heterocycles. The Morgan fingerprint density at radius 2 is 1.94 bits per heavy atom. The molecule has 11 heteroatoms. The molecule has 0 aliphatic carbocycles. The topological polar surface area (TPSA) is 89.0 Å². The van der Waals surface area contributed by atoms with E-state index in [4.69, 9.17) is 27.5 Å². The van der Waals surface area contributed by atoms with Gasteiger partial charge in [-0.2, -0.15) is 18.3 Å². The Morgan fingerprint density at radius 1 is 1.21 bits per heavy atom. The van der Waals surface area contributed by atoms with Crippen LogP contribution in [-0.2, 0) is 15.8 Å². The average Bonchev–Trinajstić information content (AvgIpc) is 2.76.